The normalized spacial score (nSPS) is 14.5. The summed E-state index contributed by atoms with van der Waals surface area (Å²) >= 11 is 0. The molecule has 0 unspecified atom stereocenters. The van der Waals surface area contributed by atoms with Gasteiger partial charge < -0.3 is 4.90 Å². The molecular formula is C35H46N2O. The molecule has 0 spiro atoms. The Hall–Kier alpha value is -2.91. The van der Waals surface area contributed by atoms with Gasteiger partial charge in [-0.3, -0.25) is 9.69 Å². The first-order valence-corrected chi connectivity index (χ1v) is 14.9. The van der Waals surface area contributed by atoms with Crippen LogP contribution in [0.15, 0.2) is 78.9 Å². The molecule has 1 aliphatic rings. The van der Waals surface area contributed by atoms with Crippen molar-refractivity contribution in [2.24, 2.45) is 0 Å². The van der Waals surface area contributed by atoms with Crippen molar-refractivity contribution < 1.29 is 4.79 Å². The number of unbranched alkanes of at least 4 members (excludes halogenated alkanes) is 3. The molecule has 1 aliphatic heterocycles. The topological polar surface area (TPSA) is 23.6 Å². The van der Waals surface area contributed by atoms with Crippen molar-refractivity contribution in [2.45, 2.75) is 90.8 Å². The van der Waals surface area contributed by atoms with Crippen LogP contribution in [0.5, 0.6) is 0 Å². The molecule has 0 aromatic heterocycles. The Balaban J connectivity index is 1.45. The van der Waals surface area contributed by atoms with Crippen LogP contribution in [0.4, 0.5) is 0 Å². The van der Waals surface area contributed by atoms with Crippen LogP contribution >= 0.6 is 0 Å². The summed E-state index contributed by atoms with van der Waals surface area (Å²) in [5, 5.41) is 0. The van der Waals surface area contributed by atoms with E-state index < -0.39 is 0 Å². The van der Waals surface area contributed by atoms with E-state index in [1.165, 1.54) is 54.4 Å². The SMILES string of the molecule is CCCCCc1ccc(C(=O)N(Cc2ccc(CCCC)cc2)C2CCN(Cc3ccccc3)CC2)cc1. The summed E-state index contributed by atoms with van der Waals surface area (Å²) in [4.78, 5) is 18.6. The monoisotopic (exact) mass is 510 g/mol. The van der Waals surface area contributed by atoms with Crippen molar-refractivity contribution in [3.63, 3.8) is 0 Å². The minimum absolute atomic E-state index is 0.168. The number of aryl methyl sites for hydroxylation is 2. The lowest BCUT2D eigenvalue weighted by Gasteiger charge is -2.39. The first-order chi connectivity index (χ1) is 18.7. The lowest BCUT2D eigenvalue weighted by atomic mass is 9.99. The maximum Gasteiger partial charge on any atom is 0.254 e. The molecule has 1 saturated heterocycles. The van der Waals surface area contributed by atoms with E-state index in [1.807, 2.05) is 0 Å². The van der Waals surface area contributed by atoms with Gasteiger partial charge in [0, 0.05) is 37.8 Å². The maximum atomic E-state index is 13.9. The van der Waals surface area contributed by atoms with E-state index in [0.29, 0.717) is 6.54 Å². The van der Waals surface area contributed by atoms with Gasteiger partial charge in [-0.2, -0.15) is 0 Å². The number of hydrogen-bond donors (Lipinski definition) is 0. The summed E-state index contributed by atoms with van der Waals surface area (Å²) in [5.74, 6) is 0.168. The molecule has 0 radical (unpaired) electrons. The highest BCUT2D eigenvalue weighted by atomic mass is 16.2. The predicted molar refractivity (Wildman–Crippen MR) is 159 cm³/mol. The lowest BCUT2D eigenvalue weighted by Crippen LogP contribution is -2.46. The summed E-state index contributed by atoms with van der Waals surface area (Å²) in [6.45, 7) is 8.18. The van der Waals surface area contributed by atoms with E-state index in [0.717, 1.165) is 50.9 Å². The first-order valence-electron chi connectivity index (χ1n) is 14.9. The van der Waals surface area contributed by atoms with Crippen molar-refractivity contribution in [2.75, 3.05) is 13.1 Å². The van der Waals surface area contributed by atoms with Crippen LogP contribution in [-0.4, -0.2) is 34.8 Å². The molecule has 0 atom stereocenters. The Kier molecular flexibility index (Phi) is 11.0. The second-order valence-corrected chi connectivity index (χ2v) is 11.0. The van der Waals surface area contributed by atoms with Crippen LogP contribution in [0.1, 0.15) is 91.4 Å². The van der Waals surface area contributed by atoms with E-state index in [-0.39, 0.29) is 11.9 Å². The van der Waals surface area contributed by atoms with Gasteiger partial charge in [-0.05, 0) is 72.9 Å². The third kappa shape index (κ3) is 8.30. The molecule has 1 heterocycles. The number of hydrogen-bond acceptors (Lipinski definition) is 2. The van der Waals surface area contributed by atoms with Gasteiger partial charge >= 0.3 is 0 Å². The van der Waals surface area contributed by atoms with E-state index in [2.05, 4.69) is 103 Å². The van der Waals surface area contributed by atoms with Crippen LogP contribution in [0.25, 0.3) is 0 Å². The fourth-order valence-electron chi connectivity index (χ4n) is 5.55. The summed E-state index contributed by atoms with van der Waals surface area (Å²) in [7, 11) is 0. The first kappa shape index (κ1) is 28.1. The van der Waals surface area contributed by atoms with E-state index >= 15 is 0 Å². The number of carbonyl (C=O) groups excluding carboxylic acids is 1. The number of carbonyl (C=O) groups is 1. The number of benzene rings is 3. The highest BCUT2D eigenvalue weighted by molar-refractivity contribution is 5.94. The number of amides is 1. The van der Waals surface area contributed by atoms with Crippen molar-refractivity contribution >= 4 is 5.91 Å². The Labute approximate surface area is 230 Å². The average molecular weight is 511 g/mol. The highest BCUT2D eigenvalue weighted by Gasteiger charge is 2.29. The molecule has 3 aromatic carbocycles. The van der Waals surface area contributed by atoms with Crippen molar-refractivity contribution in [1.82, 2.24) is 9.80 Å². The fraction of sp³-hybridized carbons (Fsp3) is 0.457. The lowest BCUT2D eigenvalue weighted by molar-refractivity contribution is 0.0543. The van der Waals surface area contributed by atoms with Crippen LogP contribution in [0.3, 0.4) is 0 Å². The molecule has 3 nitrogen and oxygen atoms in total. The molecule has 1 fully saturated rings. The second-order valence-electron chi connectivity index (χ2n) is 11.0. The van der Waals surface area contributed by atoms with Gasteiger partial charge in [0.05, 0.1) is 0 Å². The Bertz CT molecular complexity index is 1080. The molecule has 0 saturated carbocycles. The zero-order valence-electron chi connectivity index (χ0n) is 23.6. The van der Waals surface area contributed by atoms with Crippen molar-refractivity contribution in [3.05, 3.63) is 107 Å². The molecule has 0 aliphatic carbocycles. The average Bonchev–Trinajstić information content (AvgIpc) is 2.97. The number of nitrogens with zero attached hydrogens (tertiary/aromatic N) is 2. The number of piperidine rings is 1. The molecule has 3 heteroatoms. The second kappa shape index (κ2) is 14.9. The maximum absolute atomic E-state index is 13.9. The van der Waals surface area contributed by atoms with Crippen molar-refractivity contribution in [3.8, 4) is 0 Å². The molecule has 0 N–H and O–H groups in total. The zero-order chi connectivity index (χ0) is 26.6. The molecular weight excluding hydrogens is 464 g/mol. The smallest absolute Gasteiger partial charge is 0.254 e. The van der Waals surface area contributed by atoms with Gasteiger partial charge in [0.2, 0.25) is 0 Å². The number of likely N-dealkylation sites (tertiary alicyclic amines) is 1. The third-order valence-electron chi connectivity index (χ3n) is 7.97. The number of rotatable bonds is 13. The van der Waals surface area contributed by atoms with E-state index in [9.17, 15) is 4.79 Å². The molecule has 38 heavy (non-hydrogen) atoms. The molecule has 1 amide bonds. The van der Waals surface area contributed by atoms with Crippen LogP contribution in [0, 0.1) is 0 Å². The summed E-state index contributed by atoms with van der Waals surface area (Å²) < 4.78 is 0. The van der Waals surface area contributed by atoms with Gasteiger partial charge in [-0.1, -0.05) is 99.8 Å². The third-order valence-corrected chi connectivity index (χ3v) is 7.97. The molecule has 4 rings (SSSR count). The van der Waals surface area contributed by atoms with Crippen LogP contribution in [-0.2, 0) is 25.9 Å². The summed E-state index contributed by atoms with van der Waals surface area (Å²) in [6.07, 6.45) is 10.4. The molecule has 0 bridgehead atoms. The van der Waals surface area contributed by atoms with E-state index in [4.69, 9.17) is 0 Å². The fourth-order valence-corrected chi connectivity index (χ4v) is 5.55. The van der Waals surface area contributed by atoms with E-state index in [1.54, 1.807) is 0 Å². The Morgan fingerprint density at radius 3 is 1.92 bits per heavy atom. The standard InChI is InChI=1S/C35H46N2O/c1-3-5-8-12-30-19-21-33(22-20-30)35(38)37(28-32-17-15-29(16-18-32)11-6-4-2)34-23-25-36(26-24-34)27-31-13-9-7-10-14-31/h7,9-10,13-22,34H,3-6,8,11-12,23-28H2,1-2H3. The van der Waals surface area contributed by atoms with Gasteiger partial charge in [-0.15, -0.1) is 0 Å². The van der Waals surface area contributed by atoms with Gasteiger partial charge in [0.1, 0.15) is 0 Å². The Morgan fingerprint density at radius 1 is 0.711 bits per heavy atom. The summed E-state index contributed by atoms with van der Waals surface area (Å²) in [6, 6.07) is 28.4. The Morgan fingerprint density at radius 2 is 1.29 bits per heavy atom. The van der Waals surface area contributed by atoms with Crippen LogP contribution in [0.2, 0.25) is 0 Å². The summed E-state index contributed by atoms with van der Waals surface area (Å²) in [5.41, 5.74) is 6.12. The zero-order valence-corrected chi connectivity index (χ0v) is 23.6. The van der Waals surface area contributed by atoms with Gasteiger partial charge in [0.25, 0.3) is 5.91 Å². The minimum Gasteiger partial charge on any atom is -0.331 e. The quantitative estimate of drug-likeness (QED) is 0.217. The largest absolute Gasteiger partial charge is 0.331 e. The predicted octanol–water partition coefficient (Wildman–Crippen LogP) is 8.07. The van der Waals surface area contributed by atoms with Gasteiger partial charge in [-0.25, -0.2) is 0 Å². The van der Waals surface area contributed by atoms with Crippen LogP contribution < -0.4 is 0 Å². The molecule has 202 valence electrons. The highest BCUT2D eigenvalue weighted by Crippen LogP contribution is 2.24. The molecule has 3 aromatic rings. The van der Waals surface area contributed by atoms with Gasteiger partial charge in [0.15, 0.2) is 0 Å². The minimum atomic E-state index is 0.168. The van der Waals surface area contributed by atoms with Crippen molar-refractivity contribution in [1.29, 1.82) is 0 Å².